The zero-order chi connectivity index (χ0) is 5.98. The van der Waals surface area contributed by atoms with Crippen molar-refractivity contribution in [2.24, 2.45) is 0 Å². The molecule has 2 nitrogen and oxygen atoms in total. The van der Waals surface area contributed by atoms with Gasteiger partial charge >= 0.3 is 46.6 Å². The van der Waals surface area contributed by atoms with E-state index in [9.17, 15) is 0 Å². The van der Waals surface area contributed by atoms with Gasteiger partial charge in [-0.1, -0.05) is 0 Å². The third-order valence-electron chi connectivity index (χ3n) is 0.830. The van der Waals surface area contributed by atoms with E-state index in [-0.39, 0.29) is 11.5 Å². The summed E-state index contributed by atoms with van der Waals surface area (Å²) < 4.78 is 0. The molecule has 0 radical (unpaired) electrons. The van der Waals surface area contributed by atoms with Gasteiger partial charge in [0.2, 0.25) is 0 Å². The second kappa shape index (κ2) is 1.86. The van der Waals surface area contributed by atoms with Crippen molar-refractivity contribution in [3.05, 3.63) is 18.0 Å². The van der Waals surface area contributed by atoms with Gasteiger partial charge in [-0.05, 0) is 0 Å². The molecule has 1 heterocycles. The first kappa shape index (κ1) is 5.16. The quantitative estimate of drug-likeness (QED) is 0.506. The van der Waals surface area contributed by atoms with Crippen LogP contribution >= 0.6 is 0 Å². The van der Waals surface area contributed by atoms with Gasteiger partial charge in [0.05, 0.1) is 0 Å². The molecular formula is C5H5BO2. The molecule has 0 aliphatic carbocycles. The van der Waals surface area contributed by atoms with Gasteiger partial charge in [0.1, 0.15) is 0 Å². The predicted octanol–water partition coefficient (Wildman–Crippen LogP) is 0.436. The van der Waals surface area contributed by atoms with Crippen LogP contribution in [0.4, 0.5) is 0 Å². The molecule has 0 spiro atoms. The number of hydrogen-bond acceptors (Lipinski definition) is 2. The minimum atomic E-state index is 0.0880. The first-order valence-corrected chi connectivity index (χ1v) is 2.27. The van der Waals surface area contributed by atoms with Crippen molar-refractivity contribution >= 4 is 6.91 Å². The van der Waals surface area contributed by atoms with Crippen LogP contribution in [0, 0.1) is 0 Å². The molecule has 0 saturated carbocycles. The Labute approximate surface area is 47.6 Å². The van der Waals surface area contributed by atoms with Crippen LogP contribution in [0.15, 0.2) is 18.0 Å². The maximum absolute atomic E-state index is 8.65. The van der Waals surface area contributed by atoms with Crippen molar-refractivity contribution in [2.45, 2.75) is 0 Å². The summed E-state index contributed by atoms with van der Waals surface area (Å²) in [5, 5.41) is 17.3. The second-order valence-corrected chi connectivity index (χ2v) is 1.52. The zero-order valence-electron chi connectivity index (χ0n) is 4.20. The fourth-order valence-corrected chi connectivity index (χ4v) is 0.493. The third-order valence-corrected chi connectivity index (χ3v) is 0.830. The van der Waals surface area contributed by atoms with E-state index in [1.807, 2.05) is 0 Å². The topological polar surface area (TPSA) is 40.5 Å². The van der Waals surface area contributed by atoms with Gasteiger partial charge in [-0.2, -0.15) is 0 Å². The summed E-state index contributed by atoms with van der Waals surface area (Å²) >= 11 is 0. The molecule has 40 valence electrons. The van der Waals surface area contributed by atoms with E-state index >= 15 is 0 Å². The van der Waals surface area contributed by atoms with Crippen molar-refractivity contribution in [1.29, 1.82) is 0 Å². The van der Waals surface area contributed by atoms with Crippen molar-refractivity contribution in [1.82, 2.24) is 0 Å². The van der Waals surface area contributed by atoms with Crippen LogP contribution in [0.3, 0.4) is 0 Å². The Bertz CT molecular complexity index is 170. The standard InChI is InChI=1S/C5H5BO2/c7-4-1-5(8)3-6-2-4/h1-3,7-8H. The molecule has 2 N–H and O–H groups in total. The Hall–Kier alpha value is -0.985. The molecule has 0 atom stereocenters. The summed E-state index contributed by atoms with van der Waals surface area (Å²) in [7, 11) is 0. The molecule has 0 saturated heterocycles. The van der Waals surface area contributed by atoms with Gasteiger partial charge in [0.15, 0.2) is 0 Å². The van der Waals surface area contributed by atoms with Crippen molar-refractivity contribution in [3.8, 4) is 11.5 Å². The molecule has 0 unspecified atom stereocenters. The average Bonchev–Trinajstić information content (AvgIpc) is 1.64. The van der Waals surface area contributed by atoms with Crippen molar-refractivity contribution in [3.63, 3.8) is 0 Å². The Morgan fingerprint density at radius 1 is 1.12 bits per heavy atom. The predicted molar refractivity (Wildman–Crippen MR) is 31.1 cm³/mol. The Kier molecular flexibility index (Phi) is 1.20. The summed E-state index contributed by atoms with van der Waals surface area (Å²) in [6.45, 7) is 1.57. The fourth-order valence-electron chi connectivity index (χ4n) is 0.493. The van der Waals surface area contributed by atoms with E-state index in [4.69, 9.17) is 10.2 Å². The van der Waals surface area contributed by atoms with Crippen LogP contribution in [0.5, 0.6) is 11.5 Å². The van der Waals surface area contributed by atoms with E-state index in [1.54, 1.807) is 6.91 Å². The number of rotatable bonds is 0. The van der Waals surface area contributed by atoms with E-state index < -0.39 is 0 Å². The van der Waals surface area contributed by atoms with E-state index in [0.29, 0.717) is 0 Å². The van der Waals surface area contributed by atoms with Gasteiger partial charge in [0.25, 0.3) is 0 Å². The monoisotopic (exact) mass is 108 g/mol. The Morgan fingerprint density at radius 2 is 1.62 bits per heavy atom. The van der Waals surface area contributed by atoms with E-state index in [0.717, 1.165) is 0 Å². The molecule has 0 bridgehead atoms. The summed E-state index contributed by atoms with van der Waals surface area (Å²) in [5.41, 5.74) is 0. The molecule has 1 rings (SSSR count). The van der Waals surface area contributed by atoms with Crippen LogP contribution in [0.2, 0.25) is 0 Å². The average molecular weight is 108 g/mol. The maximum atomic E-state index is 8.65. The molecule has 0 fully saturated rings. The summed E-state index contributed by atoms with van der Waals surface area (Å²) in [5.74, 6) is 3.18. The Morgan fingerprint density at radius 3 is 1.88 bits per heavy atom. The normalized spacial score (nSPS) is 8.50. The molecule has 0 aliphatic rings. The number of hydrogen-bond donors (Lipinski definition) is 2. The Balaban J connectivity index is 3.08. The van der Waals surface area contributed by atoms with Gasteiger partial charge in [-0.15, -0.1) is 0 Å². The van der Waals surface area contributed by atoms with Crippen LogP contribution < -0.4 is 0 Å². The van der Waals surface area contributed by atoms with E-state index in [1.165, 1.54) is 18.0 Å². The summed E-state index contributed by atoms with van der Waals surface area (Å²) in [4.78, 5) is 0. The molecule has 0 aromatic carbocycles. The van der Waals surface area contributed by atoms with Gasteiger partial charge in [0, 0.05) is 0 Å². The fraction of sp³-hybridized carbons (Fsp3) is 0. The zero-order valence-corrected chi connectivity index (χ0v) is 4.20. The van der Waals surface area contributed by atoms with Gasteiger partial charge < -0.3 is 0 Å². The van der Waals surface area contributed by atoms with Gasteiger partial charge in [-0.3, -0.25) is 0 Å². The first-order chi connectivity index (χ1) is 3.79. The molecule has 1 aromatic heterocycles. The van der Waals surface area contributed by atoms with Crippen LogP contribution in [-0.4, -0.2) is 17.1 Å². The van der Waals surface area contributed by atoms with Gasteiger partial charge in [-0.25, -0.2) is 0 Å². The summed E-state index contributed by atoms with van der Waals surface area (Å²) in [6, 6.07) is 1.28. The number of aromatic hydroxyl groups is 2. The van der Waals surface area contributed by atoms with Crippen molar-refractivity contribution < 1.29 is 10.2 Å². The molecule has 3 heteroatoms. The van der Waals surface area contributed by atoms with Crippen LogP contribution in [0.1, 0.15) is 0 Å². The minimum absolute atomic E-state index is 0.0880. The second-order valence-electron chi connectivity index (χ2n) is 1.52. The molecular weight excluding hydrogens is 103 g/mol. The van der Waals surface area contributed by atoms with E-state index in [2.05, 4.69) is 0 Å². The SMILES string of the molecule is Oc1cbcc(O)c1. The molecule has 0 aliphatic heterocycles. The van der Waals surface area contributed by atoms with Crippen LogP contribution in [-0.2, 0) is 0 Å². The van der Waals surface area contributed by atoms with Crippen LogP contribution in [0.25, 0.3) is 0 Å². The molecule has 1 aromatic rings. The van der Waals surface area contributed by atoms with Crippen molar-refractivity contribution in [2.75, 3.05) is 0 Å². The third kappa shape index (κ3) is 0.995. The summed E-state index contributed by atoms with van der Waals surface area (Å²) in [6.07, 6.45) is 0. The first-order valence-electron chi connectivity index (χ1n) is 2.27. The molecule has 0 amide bonds. The molecule has 8 heavy (non-hydrogen) atoms.